The number of hydrogen-bond acceptors (Lipinski definition) is 4. The van der Waals surface area contributed by atoms with Gasteiger partial charge in [0.25, 0.3) is 10.9 Å². The summed E-state index contributed by atoms with van der Waals surface area (Å²) in [5, 5.41) is 18.6. The number of anilines is 1. The van der Waals surface area contributed by atoms with E-state index >= 15 is 0 Å². The predicted octanol–water partition coefficient (Wildman–Crippen LogP) is 0.476. The first-order valence-electron chi connectivity index (χ1n) is 6.36. The molecular weight excluding hydrogens is 289 g/mol. The van der Waals surface area contributed by atoms with E-state index in [0.29, 0.717) is 11.3 Å². The minimum atomic E-state index is -2.46. The topological polar surface area (TPSA) is 77.8 Å². The fourth-order valence-electron chi connectivity index (χ4n) is 2.04. The highest BCUT2D eigenvalue weighted by molar-refractivity contribution is 7.74. The third-order valence-electron chi connectivity index (χ3n) is 3.18. The van der Waals surface area contributed by atoms with E-state index in [1.807, 2.05) is 30.3 Å². The molecule has 2 rings (SSSR count). The summed E-state index contributed by atoms with van der Waals surface area (Å²) < 4.78 is 24.1. The molecule has 21 heavy (non-hydrogen) atoms. The van der Waals surface area contributed by atoms with Gasteiger partial charge in [-0.25, -0.2) is 4.31 Å². The van der Waals surface area contributed by atoms with Gasteiger partial charge in [-0.05, 0) is 30.1 Å². The van der Waals surface area contributed by atoms with Crippen LogP contribution >= 0.6 is 0 Å². The lowest BCUT2D eigenvalue weighted by Gasteiger charge is -2.18. The molecule has 2 N–H and O–H groups in total. The summed E-state index contributed by atoms with van der Waals surface area (Å²) in [5.41, 5.74) is 2.20. The lowest BCUT2D eigenvalue weighted by Crippen LogP contribution is -2.33. The Labute approximate surface area is 125 Å². The second-order valence-electron chi connectivity index (χ2n) is 4.65. The van der Waals surface area contributed by atoms with E-state index in [1.54, 1.807) is 19.1 Å². The number of rotatable bonds is 5. The molecular formula is C14H15BNO4S. The van der Waals surface area contributed by atoms with Crippen LogP contribution in [-0.2, 0) is 17.4 Å². The molecule has 0 amide bonds. The molecule has 2 aromatic rings. The second kappa shape index (κ2) is 6.67. The van der Waals surface area contributed by atoms with Crippen LogP contribution in [0.25, 0.3) is 0 Å². The van der Waals surface area contributed by atoms with Crippen LogP contribution in [0, 0.1) is 6.92 Å². The van der Waals surface area contributed by atoms with Crippen LogP contribution < -0.4 is 9.77 Å². The minimum absolute atomic E-state index is 0.182. The van der Waals surface area contributed by atoms with Crippen LogP contribution in [0.4, 0.5) is 5.69 Å². The SMILES string of the molecule is Cc1ccc(N(Cc2ccccc2)[S](=O)=O)cc1B(O)O. The van der Waals surface area contributed by atoms with Crippen molar-refractivity contribution in [2.24, 2.45) is 0 Å². The standard InChI is InChI=1S/C14H15BNO4S/c1-11-7-8-13(9-14(11)15(17)18)16(21(19)20)10-12-5-3-2-4-6-12/h2-9,17-18H,10H2,1H3. The van der Waals surface area contributed by atoms with Crippen LogP contribution in [0.3, 0.4) is 0 Å². The van der Waals surface area contributed by atoms with Crippen molar-refractivity contribution in [2.75, 3.05) is 4.31 Å². The van der Waals surface area contributed by atoms with E-state index < -0.39 is 18.0 Å². The Morgan fingerprint density at radius 3 is 2.33 bits per heavy atom. The Balaban J connectivity index is 2.37. The molecule has 0 fully saturated rings. The summed E-state index contributed by atoms with van der Waals surface area (Å²) in [5.74, 6) is 0. The van der Waals surface area contributed by atoms with E-state index in [1.165, 1.54) is 10.4 Å². The minimum Gasteiger partial charge on any atom is -0.423 e. The molecule has 0 spiro atoms. The molecule has 0 aromatic heterocycles. The molecule has 109 valence electrons. The Morgan fingerprint density at radius 1 is 1.10 bits per heavy atom. The lowest BCUT2D eigenvalue weighted by molar-refractivity contribution is 0.425. The molecule has 7 heteroatoms. The van der Waals surface area contributed by atoms with Crippen molar-refractivity contribution < 1.29 is 18.5 Å². The van der Waals surface area contributed by atoms with Gasteiger partial charge in [-0.3, -0.25) is 0 Å². The molecule has 5 nitrogen and oxygen atoms in total. The Kier molecular flexibility index (Phi) is 4.90. The average Bonchev–Trinajstić information content (AvgIpc) is 2.46. The monoisotopic (exact) mass is 304 g/mol. The summed E-state index contributed by atoms with van der Waals surface area (Å²) in [6, 6.07) is 14.0. The van der Waals surface area contributed by atoms with Gasteiger partial charge in [0.15, 0.2) is 0 Å². The van der Waals surface area contributed by atoms with Crippen molar-refractivity contribution in [3.8, 4) is 0 Å². The van der Waals surface area contributed by atoms with E-state index in [-0.39, 0.29) is 12.0 Å². The summed E-state index contributed by atoms with van der Waals surface area (Å²) in [6.07, 6.45) is 0. The van der Waals surface area contributed by atoms with Gasteiger partial charge in [0.05, 0.1) is 12.2 Å². The van der Waals surface area contributed by atoms with Gasteiger partial charge in [-0.1, -0.05) is 42.0 Å². The fourth-order valence-corrected chi connectivity index (χ4v) is 2.58. The smallest absolute Gasteiger partial charge is 0.423 e. The van der Waals surface area contributed by atoms with Crippen LogP contribution in [0.15, 0.2) is 48.5 Å². The molecule has 1 radical (unpaired) electrons. The third-order valence-corrected chi connectivity index (χ3v) is 3.88. The highest BCUT2D eigenvalue weighted by atomic mass is 32.2. The number of benzene rings is 2. The Morgan fingerprint density at radius 2 is 1.76 bits per heavy atom. The highest BCUT2D eigenvalue weighted by Crippen LogP contribution is 2.17. The van der Waals surface area contributed by atoms with E-state index in [2.05, 4.69) is 0 Å². The largest absolute Gasteiger partial charge is 0.488 e. The van der Waals surface area contributed by atoms with E-state index in [0.717, 1.165) is 5.56 Å². The molecule has 0 saturated carbocycles. The Hall–Kier alpha value is -1.96. The first-order valence-corrected chi connectivity index (χ1v) is 7.39. The number of hydrogen-bond donors (Lipinski definition) is 2. The zero-order valence-corrected chi connectivity index (χ0v) is 12.3. The summed E-state index contributed by atoms with van der Waals surface area (Å²) in [4.78, 5) is 0. The predicted molar refractivity (Wildman–Crippen MR) is 82.5 cm³/mol. The van der Waals surface area contributed by atoms with Gasteiger partial charge in [0.2, 0.25) is 0 Å². The second-order valence-corrected chi connectivity index (χ2v) is 5.53. The van der Waals surface area contributed by atoms with Gasteiger partial charge in [-0.15, -0.1) is 0 Å². The summed E-state index contributed by atoms with van der Waals surface area (Å²) >= 11 is 0. The van der Waals surface area contributed by atoms with Crippen molar-refractivity contribution in [3.63, 3.8) is 0 Å². The summed E-state index contributed by atoms with van der Waals surface area (Å²) in [7, 11) is -4.10. The molecule has 0 heterocycles. The fraction of sp³-hybridized carbons (Fsp3) is 0.143. The van der Waals surface area contributed by atoms with Crippen molar-refractivity contribution in [1.82, 2.24) is 0 Å². The van der Waals surface area contributed by atoms with Gasteiger partial charge in [0.1, 0.15) is 0 Å². The molecule has 0 aliphatic carbocycles. The lowest BCUT2D eigenvalue weighted by atomic mass is 9.77. The van der Waals surface area contributed by atoms with Crippen molar-refractivity contribution in [3.05, 3.63) is 59.7 Å². The van der Waals surface area contributed by atoms with Crippen LogP contribution in [0.1, 0.15) is 11.1 Å². The van der Waals surface area contributed by atoms with Crippen LogP contribution in [0.5, 0.6) is 0 Å². The normalized spacial score (nSPS) is 10.2. The van der Waals surface area contributed by atoms with Crippen LogP contribution in [-0.4, -0.2) is 25.6 Å². The maximum absolute atomic E-state index is 11.5. The number of nitrogens with zero attached hydrogens (tertiary/aromatic N) is 1. The first kappa shape index (κ1) is 15.4. The maximum atomic E-state index is 11.5. The molecule has 0 unspecified atom stereocenters. The molecule has 0 aliphatic rings. The van der Waals surface area contributed by atoms with Gasteiger partial charge >= 0.3 is 7.12 Å². The van der Waals surface area contributed by atoms with Crippen molar-refractivity contribution in [2.45, 2.75) is 13.5 Å². The van der Waals surface area contributed by atoms with E-state index in [9.17, 15) is 18.5 Å². The maximum Gasteiger partial charge on any atom is 0.488 e. The Bertz CT molecular complexity index is 681. The van der Waals surface area contributed by atoms with Crippen molar-refractivity contribution >= 4 is 29.2 Å². The van der Waals surface area contributed by atoms with Gasteiger partial charge < -0.3 is 10.0 Å². The molecule has 2 aromatic carbocycles. The molecule has 0 bridgehead atoms. The quantitative estimate of drug-likeness (QED) is 0.788. The highest BCUT2D eigenvalue weighted by Gasteiger charge is 2.18. The molecule has 0 atom stereocenters. The third kappa shape index (κ3) is 3.78. The molecule has 0 aliphatic heterocycles. The van der Waals surface area contributed by atoms with Gasteiger partial charge in [-0.2, -0.15) is 8.42 Å². The molecule has 0 saturated heterocycles. The first-order chi connectivity index (χ1) is 9.99. The zero-order valence-electron chi connectivity index (χ0n) is 11.5. The number of aryl methyl sites for hydroxylation is 1. The van der Waals surface area contributed by atoms with Gasteiger partial charge in [0, 0.05) is 0 Å². The zero-order chi connectivity index (χ0) is 15.4. The van der Waals surface area contributed by atoms with E-state index in [4.69, 9.17) is 0 Å². The average molecular weight is 304 g/mol. The van der Waals surface area contributed by atoms with Crippen LogP contribution in [0.2, 0.25) is 0 Å². The summed E-state index contributed by atoms with van der Waals surface area (Å²) in [6.45, 7) is 1.91. The van der Waals surface area contributed by atoms with Crippen molar-refractivity contribution in [1.29, 1.82) is 0 Å².